The molecule has 1 aliphatic carbocycles. The van der Waals surface area contributed by atoms with E-state index in [9.17, 15) is 0 Å². The van der Waals surface area contributed by atoms with E-state index in [-0.39, 0.29) is 11.8 Å². The van der Waals surface area contributed by atoms with E-state index in [0.29, 0.717) is 0 Å². The van der Waals surface area contributed by atoms with E-state index in [4.69, 9.17) is 10.5 Å². The van der Waals surface area contributed by atoms with Gasteiger partial charge in [-0.15, -0.1) is 0 Å². The van der Waals surface area contributed by atoms with Crippen LogP contribution in [-0.2, 0) is 0 Å². The molecule has 15 heavy (non-hydrogen) atoms. The Labute approximate surface area is 94.1 Å². The quantitative estimate of drug-likeness (QED) is 0.624. The third-order valence-electron chi connectivity index (χ3n) is 2.19. The van der Waals surface area contributed by atoms with Crippen molar-refractivity contribution in [3.8, 4) is 12.1 Å². The minimum atomic E-state index is -0.0741. The van der Waals surface area contributed by atoms with Crippen LogP contribution in [0.5, 0.6) is 0 Å². The Bertz CT molecular complexity index is 326. The van der Waals surface area contributed by atoms with Gasteiger partial charge in [-0.1, -0.05) is 24.3 Å². The molecule has 0 saturated heterocycles. The zero-order valence-corrected chi connectivity index (χ0v) is 9.15. The van der Waals surface area contributed by atoms with Crippen LogP contribution in [0.3, 0.4) is 0 Å². The van der Waals surface area contributed by atoms with E-state index in [2.05, 4.69) is 12.1 Å². The van der Waals surface area contributed by atoms with Crippen LogP contribution in [0.4, 0.5) is 0 Å². The Balaban J connectivity index is 0.000000187. The lowest BCUT2D eigenvalue weighted by Gasteiger charge is -2.14. The lowest BCUT2D eigenvalue weighted by Crippen LogP contribution is -2.12. The second-order valence-electron chi connectivity index (χ2n) is 3.21. The Morgan fingerprint density at radius 3 is 1.67 bits per heavy atom. The third-order valence-corrected chi connectivity index (χ3v) is 2.82. The molecule has 0 aliphatic heterocycles. The lowest BCUT2D eigenvalue weighted by molar-refractivity contribution is 0.485. The van der Waals surface area contributed by atoms with Crippen molar-refractivity contribution in [1.29, 1.82) is 10.5 Å². The van der Waals surface area contributed by atoms with Gasteiger partial charge in [0, 0.05) is 0 Å². The van der Waals surface area contributed by atoms with Gasteiger partial charge in [0.1, 0.15) is 0 Å². The molecule has 1 aromatic heterocycles. The number of nitrogens with zero attached hydrogens (tertiary/aromatic N) is 2. The second-order valence-corrected chi connectivity index (χ2v) is 4.02. The Morgan fingerprint density at radius 2 is 1.40 bits per heavy atom. The van der Waals surface area contributed by atoms with Gasteiger partial charge in [0.25, 0.3) is 0 Å². The van der Waals surface area contributed by atoms with E-state index < -0.39 is 0 Å². The van der Waals surface area contributed by atoms with Crippen LogP contribution >= 0.6 is 11.3 Å². The summed E-state index contributed by atoms with van der Waals surface area (Å²) in [5.74, 6) is -0.148. The fourth-order valence-corrected chi connectivity index (χ4v) is 1.78. The van der Waals surface area contributed by atoms with Gasteiger partial charge in [-0.3, -0.25) is 0 Å². The first kappa shape index (κ1) is 11.5. The molecule has 3 heteroatoms. The van der Waals surface area contributed by atoms with Gasteiger partial charge in [0.2, 0.25) is 0 Å². The smallest absolute Gasteiger partial charge is 0.0672 e. The summed E-state index contributed by atoms with van der Waals surface area (Å²) in [6, 6.07) is 8.30. The topological polar surface area (TPSA) is 47.6 Å². The first-order valence-electron chi connectivity index (χ1n) is 4.80. The normalized spacial score (nSPS) is 23.1. The Kier molecular flexibility index (Phi) is 5.22. The molecule has 0 aromatic carbocycles. The van der Waals surface area contributed by atoms with Crippen molar-refractivity contribution in [3.63, 3.8) is 0 Å². The average molecular weight is 216 g/mol. The summed E-state index contributed by atoms with van der Waals surface area (Å²) in [5, 5.41) is 21.2. The number of allylic oxidation sites excluding steroid dienone is 2. The van der Waals surface area contributed by atoms with Crippen molar-refractivity contribution >= 4 is 11.3 Å². The van der Waals surface area contributed by atoms with Crippen LogP contribution in [0.15, 0.2) is 35.0 Å². The summed E-state index contributed by atoms with van der Waals surface area (Å²) in [5.41, 5.74) is 0. The third kappa shape index (κ3) is 3.97. The summed E-state index contributed by atoms with van der Waals surface area (Å²) in [6.07, 6.45) is 5.44. The molecule has 1 aliphatic rings. The zero-order valence-electron chi connectivity index (χ0n) is 8.34. The molecule has 1 aromatic rings. The molecule has 0 amide bonds. The van der Waals surface area contributed by atoms with E-state index in [0.717, 1.165) is 12.8 Å². The molecular formula is C12H12N2S. The molecular weight excluding hydrogens is 204 g/mol. The zero-order chi connectivity index (χ0) is 10.9. The van der Waals surface area contributed by atoms with Crippen LogP contribution in [0.25, 0.3) is 0 Å². The molecule has 1 heterocycles. The highest BCUT2D eigenvalue weighted by Crippen LogP contribution is 2.23. The van der Waals surface area contributed by atoms with Crippen LogP contribution in [-0.4, -0.2) is 0 Å². The largest absolute Gasteiger partial charge is 0.198 e. The van der Waals surface area contributed by atoms with Gasteiger partial charge in [-0.25, -0.2) is 0 Å². The lowest BCUT2D eigenvalue weighted by atomic mass is 9.85. The highest BCUT2D eigenvalue weighted by atomic mass is 32.1. The van der Waals surface area contributed by atoms with Crippen LogP contribution < -0.4 is 0 Å². The van der Waals surface area contributed by atoms with Crippen molar-refractivity contribution in [2.45, 2.75) is 12.8 Å². The van der Waals surface area contributed by atoms with Crippen molar-refractivity contribution in [3.05, 3.63) is 35.0 Å². The molecule has 0 bridgehead atoms. The number of hydrogen-bond donors (Lipinski definition) is 0. The maximum absolute atomic E-state index is 8.56. The van der Waals surface area contributed by atoms with Crippen molar-refractivity contribution in [1.82, 2.24) is 0 Å². The fraction of sp³-hybridized carbons (Fsp3) is 0.333. The van der Waals surface area contributed by atoms with Gasteiger partial charge in [-0.05, 0) is 23.6 Å². The van der Waals surface area contributed by atoms with Crippen molar-refractivity contribution in [2.75, 3.05) is 0 Å². The number of hydrogen-bond acceptors (Lipinski definition) is 3. The second kappa shape index (κ2) is 6.81. The average Bonchev–Trinajstić information content (AvgIpc) is 2.87. The molecule has 0 radical (unpaired) electrons. The van der Waals surface area contributed by atoms with Crippen LogP contribution in [0, 0.1) is 34.5 Å². The van der Waals surface area contributed by atoms with Crippen LogP contribution in [0.1, 0.15) is 12.8 Å². The molecule has 0 spiro atoms. The molecule has 2 unspecified atom stereocenters. The standard InChI is InChI=1S/C8H8N2.C4H4S/c9-5-7-3-1-2-4-8(7)6-10;1-2-4-5-3-1/h1-2,7-8H,3-4H2;1-4H. The molecule has 0 N–H and O–H groups in total. The number of rotatable bonds is 0. The predicted molar refractivity (Wildman–Crippen MR) is 60.9 cm³/mol. The maximum Gasteiger partial charge on any atom is 0.0672 e. The fourth-order valence-electron chi connectivity index (χ4n) is 1.33. The van der Waals surface area contributed by atoms with Gasteiger partial charge >= 0.3 is 0 Å². The number of thiophene rings is 1. The first-order valence-corrected chi connectivity index (χ1v) is 5.74. The molecule has 76 valence electrons. The maximum atomic E-state index is 8.56. The summed E-state index contributed by atoms with van der Waals surface area (Å²) in [4.78, 5) is 0. The molecule has 2 atom stereocenters. The summed E-state index contributed by atoms with van der Waals surface area (Å²) < 4.78 is 0. The Morgan fingerprint density at radius 1 is 0.933 bits per heavy atom. The van der Waals surface area contributed by atoms with E-state index in [1.165, 1.54) is 0 Å². The summed E-state index contributed by atoms with van der Waals surface area (Å²) in [6.45, 7) is 0. The molecule has 2 rings (SSSR count). The highest BCUT2D eigenvalue weighted by Gasteiger charge is 2.20. The van der Waals surface area contributed by atoms with Gasteiger partial charge in [0.15, 0.2) is 0 Å². The first-order chi connectivity index (χ1) is 7.38. The molecule has 2 nitrogen and oxygen atoms in total. The summed E-state index contributed by atoms with van der Waals surface area (Å²) >= 11 is 1.71. The minimum absolute atomic E-state index is 0.0741. The van der Waals surface area contributed by atoms with E-state index in [1.807, 2.05) is 35.0 Å². The van der Waals surface area contributed by atoms with E-state index in [1.54, 1.807) is 11.3 Å². The molecule has 0 saturated carbocycles. The molecule has 0 fully saturated rings. The van der Waals surface area contributed by atoms with Crippen LogP contribution in [0.2, 0.25) is 0 Å². The van der Waals surface area contributed by atoms with E-state index >= 15 is 0 Å². The number of nitriles is 2. The Hall–Kier alpha value is -1.58. The monoisotopic (exact) mass is 216 g/mol. The summed E-state index contributed by atoms with van der Waals surface area (Å²) in [7, 11) is 0. The van der Waals surface area contributed by atoms with Gasteiger partial charge in [0.05, 0.1) is 24.0 Å². The van der Waals surface area contributed by atoms with Gasteiger partial charge in [-0.2, -0.15) is 21.9 Å². The predicted octanol–water partition coefficient (Wildman–Crippen LogP) is 3.36. The van der Waals surface area contributed by atoms with Crippen molar-refractivity contribution < 1.29 is 0 Å². The SMILES string of the molecule is N#CC1CC=CCC1C#N.c1ccsc1. The highest BCUT2D eigenvalue weighted by molar-refractivity contribution is 7.07. The van der Waals surface area contributed by atoms with Gasteiger partial charge < -0.3 is 0 Å². The minimum Gasteiger partial charge on any atom is -0.198 e. The van der Waals surface area contributed by atoms with Crippen molar-refractivity contribution in [2.24, 2.45) is 11.8 Å².